The molecule has 0 spiro atoms. The number of piperazine rings is 1. The van der Waals surface area contributed by atoms with Gasteiger partial charge in [-0.2, -0.15) is 0 Å². The molecule has 2 amide bonds. The van der Waals surface area contributed by atoms with Gasteiger partial charge in [-0.3, -0.25) is 9.59 Å². The lowest BCUT2D eigenvalue weighted by Gasteiger charge is -2.40. The molecule has 1 unspecified atom stereocenters. The van der Waals surface area contributed by atoms with Gasteiger partial charge in [-0.1, -0.05) is 36.5 Å². The zero-order chi connectivity index (χ0) is 25.0. The van der Waals surface area contributed by atoms with Crippen LogP contribution in [-0.4, -0.2) is 69.8 Å². The zero-order valence-electron chi connectivity index (χ0n) is 19.7. The molecule has 1 aliphatic rings. The Balaban J connectivity index is 1.85. The summed E-state index contributed by atoms with van der Waals surface area (Å²) in [6.07, 6.45) is 1.28. The van der Waals surface area contributed by atoms with Gasteiger partial charge >= 0.3 is 5.97 Å². The summed E-state index contributed by atoms with van der Waals surface area (Å²) in [6.45, 7) is 8.31. The molecule has 182 valence electrons. The van der Waals surface area contributed by atoms with Crippen molar-refractivity contribution in [2.45, 2.75) is 46.6 Å². The van der Waals surface area contributed by atoms with Gasteiger partial charge in [-0.25, -0.2) is 14.8 Å². The summed E-state index contributed by atoms with van der Waals surface area (Å²) in [5.74, 6) is -0.775. The summed E-state index contributed by atoms with van der Waals surface area (Å²) in [5, 5.41) is 0.761. The molecule has 1 atom stereocenters. The second kappa shape index (κ2) is 11.1. The highest BCUT2D eigenvalue weighted by atomic mass is 35.5. The average Bonchev–Trinajstić information content (AvgIpc) is 2.77. The number of halogens is 2. The summed E-state index contributed by atoms with van der Waals surface area (Å²) in [5.41, 5.74) is 1.07. The second-order valence-corrected chi connectivity index (χ2v) is 9.04. The summed E-state index contributed by atoms with van der Waals surface area (Å²) in [6, 6.07) is 4.44. The van der Waals surface area contributed by atoms with Crippen molar-refractivity contribution in [3.05, 3.63) is 56.6 Å². The topological polar surface area (TPSA) is 92.7 Å². The van der Waals surface area contributed by atoms with Gasteiger partial charge < -0.3 is 14.5 Å². The molecule has 1 aromatic carbocycles. The molecular formula is C24H28Cl2N4O4. The lowest BCUT2D eigenvalue weighted by molar-refractivity contribution is 0.0405. The van der Waals surface area contributed by atoms with Crippen molar-refractivity contribution in [2.75, 3.05) is 26.2 Å². The lowest BCUT2D eigenvalue weighted by atomic mass is 10.0. The van der Waals surface area contributed by atoms with Gasteiger partial charge in [-0.05, 0) is 45.4 Å². The van der Waals surface area contributed by atoms with Gasteiger partial charge in [0.1, 0.15) is 17.1 Å². The molecule has 2 aromatic rings. The van der Waals surface area contributed by atoms with Crippen molar-refractivity contribution in [1.29, 1.82) is 0 Å². The molecule has 0 aliphatic carbocycles. The van der Waals surface area contributed by atoms with E-state index in [-0.39, 0.29) is 48.8 Å². The average molecular weight is 507 g/mol. The van der Waals surface area contributed by atoms with Gasteiger partial charge in [0, 0.05) is 41.3 Å². The van der Waals surface area contributed by atoms with Crippen LogP contribution in [0.4, 0.5) is 0 Å². The number of ether oxygens (including phenoxy) is 1. The van der Waals surface area contributed by atoms with Gasteiger partial charge in [0.15, 0.2) is 0 Å². The first-order chi connectivity index (χ1) is 16.2. The van der Waals surface area contributed by atoms with Crippen molar-refractivity contribution < 1.29 is 19.1 Å². The summed E-state index contributed by atoms with van der Waals surface area (Å²) < 4.78 is 5.21. The highest BCUT2D eigenvalue weighted by Gasteiger charge is 2.34. The largest absolute Gasteiger partial charge is 0.462 e. The normalized spacial score (nSPS) is 15.9. The lowest BCUT2D eigenvalue weighted by Crippen LogP contribution is -2.55. The summed E-state index contributed by atoms with van der Waals surface area (Å²) in [4.78, 5) is 51.3. The zero-order valence-corrected chi connectivity index (χ0v) is 21.2. The van der Waals surface area contributed by atoms with Gasteiger partial charge in [0.2, 0.25) is 0 Å². The number of hydrogen-bond donors (Lipinski definition) is 0. The van der Waals surface area contributed by atoms with Crippen LogP contribution in [0.1, 0.15) is 69.9 Å². The summed E-state index contributed by atoms with van der Waals surface area (Å²) in [7, 11) is 0. The molecule has 34 heavy (non-hydrogen) atoms. The van der Waals surface area contributed by atoms with Crippen LogP contribution in [0.25, 0.3) is 0 Å². The minimum absolute atomic E-state index is 0.0444. The molecule has 1 fully saturated rings. The van der Waals surface area contributed by atoms with E-state index in [1.54, 1.807) is 41.8 Å². The SMILES string of the molecule is CCCc1nc(C)nc(C(=O)N2CCN(C(=O)c3cc(Cl)cc(Cl)c3)C(C)C2)c1C(=O)OCC. The number of carbonyl (C=O) groups excluding carboxylic acids is 3. The van der Waals surface area contributed by atoms with Crippen molar-refractivity contribution in [1.82, 2.24) is 19.8 Å². The standard InChI is InChI=1S/C24H28Cl2N4O4/c1-5-7-19-20(24(33)34-6-2)21(28-15(4)27-19)23(32)29-8-9-30(14(3)13-29)22(31)16-10-17(25)12-18(26)11-16/h10-12,14H,5-9,13H2,1-4H3. The van der Waals surface area contributed by atoms with Gasteiger partial charge in [-0.15, -0.1) is 0 Å². The van der Waals surface area contributed by atoms with Gasteiger partial charge in [0.05, 0.1) is 12.3 Å². The molecule has 2 heterocycles. The third-order valence-corrected chi connectivity index (χ3v) is 5.99. The van der Waals surface area contributed by atoms with E-state index in [1.165, 1.54) is 0 Å². The van der Waals surface area contributed by atoms with Crippen LogP contribution in [0, 0.1) is 6.92 Å². The smallest absolute Gasteiger partial charge is 0.342 e. The minimum atomic E-state index is -0.603. The van der Waals surface area contributed by atoms with Crippen LogP contribution in [0.5, 0.6) is 0 Å². The fourth-order valence-electron chi connectivity index (χ4n) is 4.06. The number of hydrogen-bond acceptors (Lipinski definition) is 6. The Kier molecular flexibility index (Phi) is 8.49. The maximum atomic E-state index is 13.5. The quantitative estimate of drug-likeness (QED) is 0.544. The highest BCUT2D eigenvalue weighted by Crippen LogP contribution is 2.23. The minimum Gasteiger partial charge on any atom is -0.462 e. The van der Waals surface area contributed by atoms with E-state index in [2.05, 4.69) is 9.97 Å². The Morgan fingerprint density at radius 3 is 2.32 bits per heavy atom. The Hall–Kier alpha value is -2.71. The first-order valence-electron chi connectivity index (χ1n) is 11.3. The number of rotatable bonds is 6. The number of benzene rings is 1. The fraction of sp³-hybridized carbons (Fsp3) is 0.458. The van der Waals surface area contributed by atoms with Gasteiger partial charge in [0.25, 0.3) is 11.8 Å². The van der Waals surface area contributed by atoms with Crippen LogP contribution in [-0.2, 0) is 11.2 Å². The van der Waals surface area contributed by atoms with E-state index < -0.39 is 5.97 Å². The molecule has 3 rings (SSSR count). The first-order valence-corrected chi connectivity index (χ1v) is 12.0. The van der Waals surface area contributed by atoms with E-state index in [1.807, 2.05) is 13.8 Å². The van der Waals surface area contributed by atoms with E-state index in [9.17, 15) is 14.4 Å². The predicted octanol–water partition coefficient (Wildman–Crippen LogP) is 4.21. The van der Waals surface area contributed by atoms with E-state index >= 15 is 0 Å². The van der Waals surface area contributed by atoms with E-state index in [0.717, 1.165) is 6.42 Å². The van der Waals surface area contributed by atoms with Crippen molar-refractivity contribution >= 4 is 41.0 Å². The Morgan fingerprint density at radius 2 is 1.74 bits per heavy atom. The molecule has 1 saturated heterocycles. The van der Waals surface area contributed by atoms with Crippen LogP contribution >= 0.6 is 23.2 Å². The van der Waals surface area contributed by atoms with Crippen molar-refractivity contribution in [3.63, 3.8) is 0 Å². The third-order valence-electron chi connectivity index (χ3n) is 5.55. The van der Waals surface area contributed by atoms with Crippen LogP contribution < -0.4 is 0 Å². The molecule has 0 radical (unpaired) electrons. The maximum absolute atomic E-state index is 13.5. The predicted molar refractivity (Wildman–Crippen MR) is 130 cm³/mol. The Morgan fingerprint density at radius 1 is 1.06 bits per heavy atom. The van der Waals surface area contributed by atoms with Crippen molar-refractivity contribution in [2.24, 2.45) is 0 Å². The first kappa shape index (κ1) is 25.9. The number of aromatic nitrogens is 2. The highest BCUT2D eigenvalue weighted by molar-refractivity contribution is 6.35. The number of aryl methyl sites for hydroxylation is 2. The second-order valence-electron chi connectivity index (χ2n) is 8.17. The molecule has 1 aliphatic heterocycles. The monoisotopic (exact) mass is 506 g/mol. The molecule has 0 N–H and O–H groups in total. The van der Waals surface area contributed by atoms with Crippen LogP contribution in [0.3, 0.4) is 0 Å². The number of amides is 2. The van der Waals surface area contributed by atoms with Crippen LogP contribution in [0.2, 0.25) is 10.0 Å². The van der Waals surface area contributed by atoms with E-state index in [0.29, 0.717) is 40.1 Å². The molecule has 1 aromatic heterocycles. The number of esters is 1. The molecule has 10 heteroatoms. The number of nitrogens with zero attached hydrogens (tertiary/aromatic N) is 4. The Labute approximate surface area is 209 Å². The molecular weight excluding hydrogens is 479 g/mol. The van der Waals surface area contributed by atoms with Crippen LogP contribution in [0.15, 0.2) is 18.2 Å². The fourth-order valence-corrected chi connectivity index (χ4v) is 4.58. The van der Waals surface area contributed by atoms with E-state index in [4.69, 9.17) is 27.9 Å². The number of carbonyl (C=O) groups is 3. The maximum Gasteiger partial charge on any atom is 0.342 e. The molecule has 0 saturated carbocycles. The molecule has 8 nitrogen and oxygen atoms in total. The van der Waals surface area contributed by atoms with Crippen molar-refractivity contribution in [3.8, 4) is 0 Å². The Bertz CT molecular complexity index is 1090. The summed E-state index contributed by atoms with van der Waals surface area (Å²) >= 11 is 12.1. The molecule has 0 bridgehead atoms. The third kappa shape index (κ3) is 5.67.